The molecule has 1 aromatic rings. The number of hydrogen-bond donors (Lipinski definition) is 2. The third kappa shape index (κ3) is 8.65. The van der Waals surface area contributed by atoms with Gasteiger partial charge in [0.25, 0.3) is 0 Å². The maximum absolute atomic E-state index is 5.80. The van der Waals surface area contributed by atoms with E-state index >= 15 is 0 Å². The summed E-state index contributed by atoms with van der Waals surface area (Å²) in [5.74, 6) is 1.76. The standard InChI is InChI=1S/C16H25N3O3.HI/c1-4-5-9-22-10-8-18-16(17)19-12-13-6-7-14(20-2)15(11-13)21-3;/h4,6-7,11H,1,5,8-10,12H2,2-3H3,(H3,17,18,19);1H. The summed E-state index contributed by atoms with van der Waals surface area (Å²) in [5, 5.41) is 3.00. The highest BCUT2D eigenvalue weighted by atomic mass is 127. The second-order valence-corrected chi connectivity index (χ2v) is 4.51. The molecular formula is C16H26IN3O3. The minimum atomic E-state index is 0. The largest absolute Gasteiger partial charge is 0.493 e. The number of guanidine groups is 1. The highest BCUT2D eigenvalue weighted by Gasteiger charge is 2.04. The zero-order valence-electron chi connectivity index (χ0n) is 13.7. The van der Waals surface area contributed by atoms with Crippen molar-refractivity contribution in [3.8, 4) is 11.5 Å². The molecule has 0 saturated carbocycles. The van der Waals surface area contributed by atoms with Crippen molar-refractivity contribution in [2.45, 2.75) is 13.0 Å². The fraction of sp³-hybridized carbons (Fsp3) is 0.438. The highest BCUT2D eigenvalue weighted by molar-refractivity contribution is 14.0. The quantitative estimate of drug-likeness (QED) is 0.194. The predicted octanol–water partition coefficient (Wildman–Crippen LogP) is 2.32. The molecule has 0 atom stereocenters. The number of aliphatic imine (C=N–C) groups is 1. The van der Waals surface area contributed by atoms with Gasteiger partial charge in [-0.05, 0) is 24.1 Å². The zero-order valence-corrected chi connectivity index (χ0v) is 16.0. The average molecular weight is 435 g/mol. The Kier molecular flexibility index (Phi) is 12.2. The fourth-order valence-corrected chi connectivity index (χ4v) is 1.73. The fourth-order valence-electron chi connectivity index (χ4n) is 1.73. The topological polar surface area (TPSA) is 78.1 Å². The molecule has 130 valence electrons. The molecule has 1 rings (SSSR count). The van der Waals surface area contributed by atoms with Gasteiger partial charge in [0.05, 0.1) is 34.0 Å². The number of halogens is 1. The van der Waals surface area contributed by atoms with Crippen LogP contribution in [0.3, 0.4) is 0 Å². The SMILES string of the molecule is C=CCCOCCNC(N)=NCc1ccc(OC)c(OC)c1.I. The maximum atomic E-state index is 5.80. The van der Waals surface area contributed by atoms with Crippen LogP contribution in [0.15, 0.2) is 35.8 Å². The molecule has 0 fully saturated rings. The molecular weight excluding hydrogens is 409 g/mol. The summed E-state index contributed by atoms with van der Waals surface area (Å²) in [6.45, 7) is 5.98. The van der Waals surface area contributed by atoms with E-state index in [0.717, 1.165) is 12.0 Å². The summed E-state index contributed by atoms with van der Waals surface area (Å²) in [7, 11) is 3.21. The molecule has 0 heterocycles. The molecule has 1 aromatic carbocycles. The summed E-state index contributed by atoms with van der Waals surface area (Å²) in [5.41, 5.74) is 6.79. The van der Waals surface area contributed by atoms with E-state index in [1.54, 1.807) is 14.2 Å². The lowest BCUT2D eigenvalue weighted by Crippen LogP contribution is -2.34. The van der Waals surface area contributed by atoms with Crippen molar-refractivity contribution in [2.24, 2.45) is 10.7 Å². The predicted molar refractivity (Wildman–Crippen MR) is 104 cm³/mol. The summed E-state index contributed by atoms with van der Waals surface area (Å²) >= 11 is 0. The van der Waals surface area contributed by atoms with E-state index in [1.165, 1.54) is 0 Å². The second-order valence-electron chi connectivity index (χ2n) is 4.51. The minimum Gasteiger partial charge on any atom is -0.493 e. The van der Waals surface area contributed by atoms with Gasteiger partial charge in [0.1, 0.15) is 0 Å². The van der Waals surface area contributed by atoms with Gasteiger partial charge in [-0.3, -0.25) is 0 Å². The van der Waals surface area contributed by atoms with Gasteiger partial charge in [0, 0.05) is 6.54 Å². The molecule has 0 aliphatic rings. The van der Waals surface area contributed by atoms with Crippen molar-refractivity contribution in [3.05, 3.63) is 36.4 Å². The number of nitrogens with two attached hydrogens (primary N) is 1. The number of nitrogens with one attached hydrogen (secondary N) is 1. The van der Waals surface area contributed by atoms with Crippen LogP contribution in [-0.2, 0) is 11.3 Å². The van der Waals surface area contributed by atoms with Crippen LogP contribution in [0.25, 0.3) is 0 Å². The number of hydrogen-bond acceptors (Lipinski definition) is 4. The van der Waals surface area contributed by atoms with E-state index in [1.807, 2.05) is 24.3 Å². The first-order valence-corrected chi connectivity index (χ1v) is 7.14. The third-order valence-corrected chi connectivity index (χ3v) is 2.90. The lowest BCUT2D eigenvalue weighted by Gasteiger charge is -2.09. The van der Waals surface area contributed by atoms with E-state index in [-0.39, 0.29) is 24.0 Å². The molecule has 0 amide bonds. The van der Waals surface area contributed by atoms with Gasteiger partial charge in [-0.1, -0.05) is 12.1 Å². The Morgan fingerprint density at radius 1 is 1.26 bits per heavy atom. The van der Waals surface area contributed by atoms with Gasteiger partial charge in [-0.15, -0.1) is 30.6 Å². The Labute approximate surface area is 155 Å². The Balaban J connectivity index is 0.00000484. The summed E-state index contributed by atoms with van der Waals surface area (Å²) in [6, 6.07) is 5.66. The normalized spacial score (nSPS) is 10.6. The molecule has 0 spiro atoms. The van der Waals surface area contributed by atoms with E-state index in [0.29, 0.717) is 43.8 Å². The van der Waals surface area contributed by atoms with Crippen molar-refractivity contribution in [2.75, 3.05) is 34.0 Å². The smallest absolute Gasteiger partial charge is 0.188 e. The number of ether oxygens (including phenoxy) is 3. The van der Waals surface area contributed by atoms with Crippen LogP contribution in [0.2, 0.25) is 0 Å². The lowest BCUT2D eigenvalue weighted by atomic mass is 10.2. The molecule has 7 heteroatoms. The van der Waals surface area contributed by atoms with Gasteiger partial charge < -0.3 is 25.3 Å². The Hall–Kier alpha value is -1.48. The van der Waals surface area contributed by atoms with E-state index < -0.39 is 0 Å². The molecule has 0 bridgehead atoms. The third-order valence-electron chi connectivity index (χ3n) is 2.90. The van der Waals surface area contributed by atoms with Crippen LogP contribution in [0.5, 0.6) is 11.5 Å². The number of nitrogens with zero attached hydrogens (tertiary/aromatic N) is 1. The van der Waals surface area contributed by atoms with Crippen LogP contribution in [-0.4, -0.2) is 39.9 Å². The summed E-state index contributed by atoms with van der Waals surface area (Å²) < 4.78 is 15.8. The van der Waals surface area contributed by atoms with Crippen molar-refractivity contribution in [1.82, 2.24) is 5.32 Å². The molecule has 0 saturated heterocycles. The van der Waals surface area contributed by atoms with E-state index in [4.69, 9.17) is 19.9 Å². The maximum Gasteiger partial charge on any atom is 0.188 e. The Morgan fingerprint density at radius 2 is 2.00 bits per heavy atom. The summed E-state index contributed by atoms with van der Waals surface area (Å²) in [6.07, 6.45) is 2.68. The number of benzene rings is 1. The van der Waals surface area contributed by atoms with Crippen LogP contribution in [0.1, 0.15) is 12.0 Å². The first-order valence-electron chi connectivity index (χ1n) is 7.14. The zero-order chi connectivity index (χ0) is 16.2. The number of rotatable bonds is 10. The molecule has 0 unspecified atom stereocenters. The van der Waals surface area contributed by atoms with Gasteiger partial charge in [-0.2, -0.15) is 0 Å². The van der Waals surface area contributed by atoms with Crippen molar-refractivity contribution in [3.63, 3.8) is 0 Å². The molecule has 6 nitrogen and oxygen atoms in total. The highest BCUT2D eigenvalue weighted by Crippen LogP contribution is 2.27. The molecule has 0 aliphatic heterocycles. The minimum absolute atomic E-state index is 0. The molecule has 0 aliphatic carbocycles. The average Bonchev–Trinajstić information content (AvgIpc) is 2.55. The van der Waals surface area contributed by atoms with Gasteiger partial charge in [-0.25, -0.2) is 4.99 Å². The van der Waals surface area contributed by atoms with Crippen molar-refractivity contribution < 1.29 is 14.2 Å². The van der Waals surface area contributed by atoms with Crippen LogP contribution in [0.4, 0.5) is 0 Å². The second kappa shape index (κ2) is 13.0. The first-order chi connectivity index (χ1) is 10.7. The number of methoxy groups -OCH3 is 2. The van der Waals surface area contributed by atoms with Crippen LogP contribution >= 0.6 is 24.0 Å². The Bertz CT molecular complexity index is 495. The first kappa shape index (κ1) is 21.5. The van der Waals surface area contributed by atoms with Gasteiger partial charge in [0.2, 0.25) is 0 Å². The molecule has 0 aromatic heterocycles. The van der Waals surface area contributed by atoms with Gasteiger partial charge >= 0.3 is 0 Å². The van der Waals surface area contributed by atoms with Crippen molar-refractivity contribution in [1.29, 1.82) is 0 Å². The summed E-state index contributed by atoms with van der Waals surface area (Å²) in [4.78, 5) is 4.27. The Morgan fingerprint density at radius 3 is 2.65 bits per heavy atom. The molecule has 23 heavy (non-hydrogen) atoms. The lowest BCUT2D eigenvalue weighted by molar-refractivity contribution is 0.143. The molecule has 0 radical (unpaired) electrons. The van der Waals surface area contributed by atoms with E-state index in [9.17, 15) is 0 Å². The van der Waals surface area contributed by atoms with Crippen LogP contribution < -0.4 is 20.5 Å². The van der Waals surface area contributed by atoms with Gasteiger partial charge in [0.15, 0.2) is 17.5 Å². The molecule has 3 N–H and O–H groups in total. The monoisotopic (exact) mass is 435 g/mol. The van der Waals surface area contributed by atoms with E-state index in [2.05, 4.69) is 16.9 Å². The van der Waals surface area contributed by atoms with Crippen LogP contribution in [0, 0.1) is 0 Å². The van der Waals surface area contributed by atoms with Crippen molar-refractivity contribution >= 4 is 29.9 Å².